The molecule has 0 bridgehead atoms. The molecule has 2 heterocycles. The van der Waals surface area contributed by atoms with Crippen molar-refractivity contribution in [2.45, 2.75) is 10.9 Å². The summed E-state index contributed by atoms with van der Waals surface area (Å²) in [5.41, 5.74) is 1.49. The van der Waals surface area contributed by atoms with E-state index in [0.717, 1.165) is 11.3 Å². The fraction of sp³-hybridized carbons (Fsp3) is 0.0526. The van der Waals surface area contributed by atoms with Crippen LogP contribution in [0.2, 0.25) is 10.0 Å². The van der Waals surface area contributed by atoms with Crippen LogP contribution in [0.3, 0.4) is 0 Å². The maximum atomic E-state index is 11.0. The third-order valence-electron chi connectivity index (χ3n) is 3.94. The van der Waals surface area contributed by atoms with E-state index >= 15 is 0 Å². The first-order valence-corrected chi connectivity index (χ1v) is 10.9. The number of para-hydroxylation sites is 1. The third-order valence-corrected chi connectivity index (χ3v) is 6.56. The Kier molecular flexibility index (Phi) is 5.86. The normalized spacial score (nSPS) is 11.0. The predicted octanol–water partition coefficient (Wildman–Crippen LogP) is 5.69. The minimum atomic E-state index is -1.04. The van der Waals surface area contributed by atoms with Gasteiger partial charge in [-0.3, -0.25) is 4.57 Å². The fourth-order valence-electron chi connectivity index (χ4n) is 2.63. The molecule has 146 valence electrons. The number of aromatic carboxylic acids is 1. The molecule has 10 heteroatoms. The lowest BCUT2D eigenvalue weighted by molar-refractivity contribution is 0.0691. The van der Waals surface area contributed by atoms with Crippen LogP contribution in [-0.4, -0.2) is 30.8 Å². The summed E-state index contributed by atoms with van der Waals surface area (Å²) >= 11 is 15.5. The molecule has 0 spiro atoms. The van der Waals surface area contributed by atoms with Crippen LogP contribution in [0, 0.1) is 0 Å². The first-order chi connectivity index (χ1) is 14.0. The Labute approximate surface area is 184 Å². The zero-order chi connectivity index (χ0) is 20.4. The Bertz CT molecular complexity index is 1190. The second-order valence-corrected chi connectivity index (χ2v) is 8.49. The van der Waals surface area contributed by atoms with Crippen LogP contribution in [0.1, 0.15) is 15.5 Å². The number of benzene rings is 2. The molecule has 4 rings (SSSR count). The number of hydrogen-bond donors (Lipinski definition) is 1. The maximum absolute atomic E-state index is 11.0. The van der Waals surface area contributed by atoms with Gasteiger partial charge in [-0.15, -0.1) is 21.5 Å². The summed E-state index contributed by atoms with van der Waals surface area (Å²) in [6.45, 7) is 0. The number of thioether (sulfide) groups is 1. The summed E-state index contributed by atoms with van der Waals surface area (Å²) in [6, 6.07) is 14.8. The lowest BCUT2D eigenvalue weighted by Gasteiger charge is -2.12. The van der Waals surface area contributed by atoms with Crippen molar-refractivity contribution >= 4 is 52.3 Å². The molecule has 0 aliphatic heterocycles. The summed E-state index contributed by atoms with van der Waals surface area (Å²) < 4.78 is 1.85. The number of carbonyl (C=O) groups is 1. The van der Waals surface area contributed by atoms with E-state index in [1.165, 1.54) is 28.5 Å². The van der Waals surface area contributed by atoms with Crippen LogP contribution in [0.5, 0.6) is 0 Å². The van der Waals surface area contributed by atoms with Crippen molar-refractivity contribution in [3.05, 3.63) is 74.7 Å². The number of rotatable bonds is 6. The molecule has 1 N–H and O–H groups in total. The van der Waals surface area contributed by atoms with E-state index in [-0.39, 0.29) is 5.69 Å². The quantitative estimate of drug-likeness (QED) is 0.370. The van der Waals surface area contributed by atoms with Crippen molar-refractivity contribution < 1.29 is 9.90 Å². The third kappa shape index (κ3) is 4.16. The molecule has 6 nitrogen and oxygen atoms in total. The SMILES string of the molecule is O=C(O)c1csc(CSc2nnc(-c3ccccc3Cl)n2-c2ccccc2Cl)n1. The minimum Gasteiger partial charge on any atom is -0.476 e. The fourth-order valence-corrected chi connectivity index (χ4v) is 4.80. The molecular weight excluding hydrogens is 451 g/mol. The van der Waals surface area contributed by atoms with Crippen LogP contribution in [0.25, 0.3) is 17.1 Å². The molecule has 0 unspecified atom stereocenters. The summed E-state index contributed by atoms with van der Waals surface area (Å²) in [4.78, 5) is 15.2. The van der Waals surface area contributed by atoms with E-state index in [9.17, 15) is 4.79 Å². The molecule has 0 atom stereocenters. The Hall–Kier alpha value is -2.39. The Morgan fingerprint density at radius 3 is 2.48 bits per heavy atom. The molecule has 0 amide bonds. The molecule has 4 aromatic rings. The number of carboxylic acids is 1. The van der Waals surface area contributed by atoms with E-state index in [1.54, 1.807) is 12.1 Å². The average Bonchev–Trinajstić information content (AvgIpc) is 3.34. The summed E-state index contributed by atoms with van der Waals surface area (Å²) in [5, 5.41) is 21.6. The highest BCUT2D eigenvalue weighted by Gasteiger charge is 2.20. The van der Waals surface area contributed by atoms with E-state index in [1.807, 2.05) is 41.0 Å². The zero-order valence-electron chi connectivity index (χ0n) is 14.6. The van der Waals surface area contributed by atoms with E-state index in [2.05, 4.69) is 15.2 Å². The molecule has 2 aromatic heterocycles. The van der Waals surface area contributed by atoms with Gasteiger partial charge in [0.25, 0.3) is 0 Å². The largest absolute Gasteiger partial charge is 0.476 e. The van der Waals surface area contributed by atoms with Crippen LogP contribution >= 0.6 is 46.3 Å². The van der Waals surface area contributed by atoms with Gasteiger partial charge < -0.3 is 5.11 Å². The highest BCUT2D eigenvalue weighted by molar-refractivity contribution is 7.98. The second-order valence-electron chi connectivity index (χ2n) is 5.79. The van der Waals surface area contributed by atoms with Crippen LogP contribution in [-0.2, 0) is 5.75 Å². The molecule has 0 fully saturated rings. The van der Waals surface area contributed by atoms with Crippen molar-refractivity contribution in [2.24, 2.45) is 0 Å². The molecule has 0 saturated heterocycles. The monoisotopic (exact) mass is 462 g/mol. The van der Waals surface area contributed by atoms with Crippen molar-refractivity contribution in [2.75, 3.05) is 0 Å². The predicted molar refractivity (Wildman–Crippen MR) is 115 cm³/mol. The van der Waals surface area contributed by atoms with Crippen LogP contribution < -0.4 is 0 Å². The zero-order valence-corrected chi connectivity index (χ0v) is 17.8. The van der Waals surface area contributed by atoms with Crippen LogP contribution in [0.15, 0.2) is 59.1 Å². The van der Waals surface area contributed by atoms with Crippen molar-refractivity contribution in [3.8, 4) is 17.1 Å². The van der Waals surface area contributed by atoms with E-state index in [4.69, 9.17) is 28.3 Å². The summed E-state index contributed by atoms with van der Waals surface area (Å²) in [6.07, 6.45) is 0. The van der Waals surface area contributed by atoms with Gasteiger partial charge in [0.1, 0.15) is 5.01 Å². The Morgan fingerprint density at radius 2 is 1.79 bits per heavy atom. The Morgan fingerprint density at radius 1 is 1.07 bits per heavy atom. The van der Waals surface area contributed by atoms with Gasteiger partial charge in [-0.25, -0.2) is 9.78 Å². The smallest absolute Gasteiger partial charge is 0.355 e. The standard InChI is InChI=1S/C19H12Cl2N4O2S2/c20-12-6-2-1-5-11(12)17-23-24-19(25(17)15-8-4-3-7-13(15)21)29-10-16-22-14(9-28-16)18(26)27/h1-9H,10H2,(H,26,27). The number of hydrogen-bond acceptors (Lipinski definition) is 6. The van der Waals surface area contributed by atoms with Gasteiger partial charge in [-0.05, 0) is 24.3 Å². The van der Waals surface area contributed by atoms with E-state index in [0.29, 0.717) is 31.8 Å². The van der Waals surface area contributed by atoms with Crippen molar-refractivity contribution in [1.29, 1.82) is 0 Å². The number of nitrogens with zero attached hydrogens (tertiary/aromatic N) is 4. The second kappa shape index (κ2) is 8.54. The van der Waals surface area contributed by atoms with Gasteiger partial charge in [0, 0.05) is 10.9 Å². The van der Waals surface area contributed by atoms with Gasteiger partial charge in [0.2, 0.25) is 0 Å². The molecule has 29 heavy (non-hydrogen) atoms. The van der Waals surface area contributed by atoms with Gasteiger partial charge in [0.05, 0.1) is 21.5 Å². The maximum Gasteiger partial charge on any atom is 0.355 e. The first-order valence-electron chi connectivity index (χ1n) is 8.30. The van der Waals surface area contributed by atoms with Crippen LogP contribution in [0.4, 0.5) is 0 Å². The highest BCUT2D eigenvalue weighted by atomic mass is 35.5. The van der Waals surface area contributed by atoms with Crippen molar-refractivity contribution in [1.82, 2.24) is 19.7 Å². The lowest BCUT2D eigenvalue weighted by Crippen LogP contribution is -2.01. The van der Waals surface area contributed by atoms with Gasteiger partial charge in [-0.2, -0.15) is 0 Å². The average molecular weight is 463 g/mol. The molecular formula is C19H12Cl2N4O2S2. The molecule has 2 aromatic carbocycles. The highest BCUT2D eigenvalue weighted by Crippen LogP contribution is 2.35. The number of thiazole rings is 1. The summed E-state index contributed by atoms with van der Waals surface area (Å²) in [7, 11) is 0. The van der Waals surface area contributed by atoms with Gasteiger partial charge in [-0.1, -0.05) is 59.2 Å². The van der Waals surface area contributed by atoms with E-state index < -0.39 is 5.97 Å². The molecule has 0 aliphatic carbocycles. The first kappa shape index (κ1) is 19.9. The number of aromatic nitrogens is 4. The van der Waals surface area contributed by atoms with Gasteiger partial charge >= 0.3 is 5.97 Å². The topological polar surface area (TPSA) is 80.9 Å². The molecule has 0 radical (unpaired) electrons. The lowest BCUT2D eigenvalue weighted by atomic mass is 10.2. The Balaban J connectivity index is 1.75. The number of halogens is 2. The van der Waals surface area contributed by atoms with Gasteiger partial charge in [0.15, 0.2) is 16.7 Å². The molecule has 0 saturated carbocycles. The van der Waals surface area contributed by atoms with Crippen molar-refractivity contribution in [3.63, 3.8) is 0 Å². The molecule has 0 aliphatic rings. The minimum absolute atomic E-state index is 0.0370. The summed E-state index contributed by atoms with van der Waals surface area (Å²) in [5.74, 6) is -0.0300. The number of carboxylic acid groups (broad SMARTS) is 1.